The maximum absolute atomic E-state index is 11.8. The van der Waals surface area contributed by atoms with E-state index in [4.69, 9.17) is 21.1 Å². The molecule has 0 aromatic heterocycles. The lowest BCUT2D eigenvalue weighted by Gasteiger charge is -2.19. The van der Waals surface area contributed by atoms with Crippen molar-refractivity contribution in [3.63, 3.8) is 0 Å². The number of carbonyl (C=O) groups is 3. The smallest absolute Gasteiger partial charge is 0.303 e. The second-order valence-electron chi connectivity index (χ2n) is 6.40. The highest BCUT2D eigenvalue weighted by Gasteiger charge is 2.31. The van der Waals surface area contributed by atoms with Gasteiger partial charge in [-0.15, -0.1) is 0 Å². The van der Waals surface area contributed by atoms with Crippen LogP contribution in [0.2, 0.25) is 5.02 Å². The van der Waals surface area contributed by atoms with Gasteiger partial charge >= 0.3 is 5.97 Å². The van der Waals surface area contributed by atoms with Crippen molar-refractivity contribution in [1.82, 2.24) is 0 Å². The molecular formula is C21H19ClO5S. The van der Waals surface area contributed by atoms with E-state index in [-0.39, 0.29) is 29.2 Å². The van der Waals surface area contributed by atoms with E-state index in [1.165, 1.54) is 6.92 Å². The molecule has 28 heavy (non-hydrogen) atoms. The lowest BCUT2D eigenvalue weighted by atomic mass is 10.1. The number of ketones is 1. The predicted octanol–water partition coefficient (Wildman–Crippen LogP) is 4.17. The van der Waals surface area contributed by atoms with E-state index in [0.29, 0.717) is 22.8 Å². The van der Waals surface area contributed by atoms with Gasteiger partial charge in [-0.3, -0.25) is 14.4 Å². The van der Waals surface area contributed by atoms with E-state index >= 15 is 0 Å². The molecule has 1 unspecified atom stereocenters. The van der Waals surface area contributed by atoms with Crippen LogP contribution >= 0.6 is 23.4 Å². The van der Waals surface area contributed by atoms with Crippen LogP contribution in [-0.2, 0) is 25.5 Å². The minimum absolute atomic E-state index is 0.0145. The normalized spacial score (nSPS) is 17.4. The SMILES string of the molecule is CC(=O)O[C@H](COc1ccc(CC2SC(=O)CC2=O)cc1)c1ccccc1Cl. The van der Waals surface area contributed by atoms with Crippen LogP contribution in [0.15, 0.2) is 48.5 Å². The molecule has 1 aliphatic rings. The van der Waals surface area contributed by atoms with Crippen LogP contribution in [-0.4, -0.2) is 28.7 Å². The van der Waals surface area contributed by atoms with Crippen molar-refractivity contribution in [2.45, 2.75) is 31.1 Å². The molecule has 2 aromatic carbocycles. The summed E-state index contributed by atoms with van der Waals surface area (Å²) in [4.78, 5) is 34.6. The van der Waals surface area contributed by atoms with Crippen LogP contribution in [0, 0.1) is 0 Å². The van der Waals surface area contributed by atoms with E-state index < -0.39 is 12.1 Å². The van der Waals surface area contributed by atoms with Crippen molar-refractivity contribution in [3.05, 3.63) is 64.7 Å². The number of ether oxygens (including phenoxy) is 2. The summed E-state index contributed by atoms with van der Waals surface area (Å²) in [6.07, 6.45) is -0.0779. The number of hydrogen-bond acceptors (Lipinski definition) is 6. The Kier molecular flexibility index (Phi) is 6.75. The summed E-state index contributed by atoms with van der Waals surface area (Å²) >= 11 is 7.32. The van der Waals surface area contributed by atoms with E-state index in [1.54, 1.807) is 30.3 Å². The molecule has 3 rings (SSSR count). The Morgan fingerprint density at radius 3 is 2.50 bits per heavy atom. The van der Waals surface area contributed by atoms with Crippen molar-refractivity contribution in [2.75, 3.05) is 6.61 Å². The number of Topliss-reactive ketones (excluding diaryl/α,β-unsaturated/α-hetero) is 1. The maximum atomic E-state index is 11.8. The zero-order valence-electron chi connectivity index (χ0n) is 15.2. The quantitative estimate of drug-likeness (QED) is 0.496. The summed E-state index contributed by atoms with van der Waals surface area (Å²) in [5, 5.41) is 0.139. The fraction of sp³-hybridized carbons (Fsp3) is 0.286. The molecule has 5 nitrogen and oxygen atoms in total. The molecule has 2 atom stereocenters. The molecule has 0 amide bonds. The topological polar surface area (TPSA) is 69.7 Å². The summed E-state index contributed by atoms with van der Waals surface area (Å²) in [6, 6.07) is 14.5. The first-order chi connectivity index (χ1) is 13.4. The molecule has 2 aromatic rings. The standard InChI is InChI=1S/C21H19ClO5S/c1-13(23)27-19(16-4-2-3-5-17(16)22)12-26-15-8-6-14(7-9-15)10-20-18(24)11-21(25)28-20/h2-9,19-20H,10-12H2,1H3/t19-,20?/m1/s1. The van der Waals surface area contributed by atoms with Crippen LogP contribution in [0.5, 0.6) is 5.75 Å². The highest BCUT2D eigenvalue weighted by Crippen LogP contribution is 2.29. The average Bonchev–Trinajstić information content (AvgIpc) is 2.97. The van der Waals surface area contributed by atoms with Gasteiger partial charge in [0.2, 0.25) is 0 Å². The Hall–Kier alpha value is -2.31. The molecule has 0 radical (unpaired) electrons. The van der Waals surface area contributed by atoms with E-state index in [0.717, 1.165) is 17.3 Å². The van der Waals surface area contributed by atoms with E-state index in [9.17, 15) is 14.4 Å². The predicted molar refractivity (Wildman–Crippen MR) is 108 cm³/mol. The van der Waals surface area contributed by atoms with Gasteiger partial charge in [-0.1, -0.05) is 53.7 Å². The van der Waals surface area contributed by atoms with Gasteiger partial charge in [-0.05, 0) is 30.2 Å². The molecule has 0 spiro atoms. The molecule has 146 valence electrons. The van der Waals surface area contributed by atoms with Crippen molar-refractivity contribution in [1.29, 1.82) is 0 Å². The van der Waals surface area contributed by atoms with Gasteiger partial charge < -0.3 is 9.47 Å². The molecule has 0 aliphatic carbocycles. The number of carbonyl (C=O) groups excluding carboxylic acids is 3. The first-order valence-corrected chi connectivity index (χ1v) is 10.0. The summed E-state index contributed by atoms with van der Waals surface area (Å²) in [6.45, 7) is 1.46. The largest absolute Gasteiger partial charge is 0.489 e. The zero-order valence-corrected chi connectivity index (χ0v) is 16.8. The van der Waals surface area contributed by atoms with Crippen molar-refractivity contribution < 1.29 is 23.9 Å². The van der Waals surface area contributed by atoms with E-state index in [2.05, 4.69) is 0 Å². The average molecular weight is 419 g/mol. The first kappa shape index (κ1) is 20.4. The first-order valence-electron chi connectivity index (χ1n) is 8.78. The molecule has 0 bridgehead atoms. The zero-order chi connectivity index (χ0) is 20.1. The Balaban J connectivity index is 1.62. The van der Waals surface area contributed by atoms with Crippen LogP contribution in [0.25, 0.3) is 0 Å². The van der Waals surface area contributed by atoms with Crippen molar-refractivity contribution in [3.8, 4) is 5.75 Å². The lowest BCUT2D eigenvalue weighted by Crippen LogP contribution is -2.17. The number of benzene rings is 2. The maximum Gasteiger partial charge on any atom is 0.303 e. The van der Waals surface area contributed by atoms with Gasteiger partial charge in [-0.25, -0.2) is 0 Å². The number of halogens is 1. The minimum atomic E-state index is -0.621. The second kappa shape index (κ2) is 9.26. The summed E-state index contributed by atoms with van der Waals surface area (Å²) in [5.74, 6) is 0.172. The third kappa shape index (κ3) is 5.36. The molecule has 1 aliphatic heterocycles. The van der Waals surface area contributed by atoms with Crippen molar-refractivity contribution >= 4 is 40.2 Å². The van der Waals surface area contributed by atoms with Gasteiger partial charge in [0.05, 0.1) is 11.7 Å². The number of thioether (sulfide) groups is 1. The molecule has 0 N–H and O–H groups in total. The third-order valence-electron chi connectivity index (χ3n) is 4.26. The van der Waals surface area contributed by atoms with Crippen LogP contribution in [0.3, 0.4) is 0 Å². The van der Waals surface area contributed by atoms with Crippen molar-refractivity contribution in [2.24, 2.45) is 0 Å². The molecular weight excluding hydrogens is 400 g/mol. The van der Waals surface area contributed by atoms with Crippen LogP contribution < -0.4 is 4.74 Å². The van der Waals surface area contributed by atoms with Crippen LogP contribution in [0.1, 0.15) is 30.6 Å². The highest BCUT2D eigenvalue weighted by atomic mass is 35.5. The molecule has 7 heteroatoms. The Morgan fingerprint density at radius 2 is 1.89 bits per heavy atom. The molecule has 1 saturated heterocycles. The van der Waals surface area contributed by atoms with Crippen LogP contribution in [0.4, 0.5) is 0 Å². The Morgan fingerprint density at radius 1 is 1.18 bits per heavy atom. The molecule has 1 heterocycles. The summed E-state index contributed by atoms with van der Waals surface area (Å²) in [5.41, 5.74) is 1.63. The number of hydrogen-bond donors (Lipinski definition) is 0. The van der Waals surface area contributed by atoms with Gasteiger partial charge in [-0.2, -0.15) is 0 Å². The van der Waals surface area contributed by atoms with E-state index in [1.807, 2.05) is 18.2 Å². The highest BCUT2D eigenvalue weighted by molar-refractivity contribution is 8.15. The minimum Gasteiger partial charge on any atom is -0.489 e. The summed E-state index contributed by atoms with van der Waals surface area (Å²) < 4.78 is 11.1. The Labute approximate surface area is 172 Å². The number of esters is 1. The monoisotopic (exact) mass is 418 g/mol. The fourth-order valence-electron chi connectivity index (χ4n) is 2.91. The fourth-order valence-corrected chi connectivity index (χ4v) is 4.20. The third-order valence-corrected chi connectivity index (χ3v) is 5.72. The number of rotatable bonds is 7. The summed E-state index contributed by atoms with van der Waals surface area (Å²) in [7, 11) is 0. The van der Waals surface area contributed by atoms with Gasteiger partial charge in [0, 0.05) is 17.5 Å². The lowest BCUT2D eigenvalue weighted by molar-refractivity contribution is -0.148. The van der Waals surface area contributed by atoms with Gasteiger partial charge in [0.15, 0.2) is 17.0 Å². The second-order valence-corrected chi connectivity index (χ2v) is 8.07. The Bertz CT molecular complexity index is 881. The molecule has 1 fully saturated rings. The molecule has 0 saturated carbocycles. The van der Waals surface area contributed by atoms with Gasteiger partial charge in [0.1, 0.15) is 12.4 Å². The van der Waals surface area contributed by atoms with Gasteiger partial charge in [0.25, 0.3) is 0 Å².